The van der Waals surface area contributed by atoms with Gasteiger partial charge in [-0.25, -0.2) is 0 Å². The first kappa shape index (κ1) is 11.5. The second-order valence-electron chi connectivity index (χ2n) is 5.39. The Kier molecular flexibility index (Phi) is 3.19. The number of rotatable bonds is 2. The van der Waals surface area contributed by atoms with Crippen LogP contribution >= 0.6 is 0 Å². The van der Waals surface area contributed by atoms with E-state index in [9.17, 15) is 4.79 Å². The van der Waals surface area contributed by atoms with Gasteiger partial charge in [-0.3, -0.25) is 4.79 Å². The molecule has 1 unspecified atom stereocenters. The van der Waals surface area contributed by atoms with Crippen molar-refractivity contribution in [1.29, 1.82) is 0 Å². The Morgan fingerprint density at radius 3 is 2.36 bits per heavy atom. The summed E-state index contributed by atoms with van der Waals surface area (Å²) in [6.45, 7) is 10.6. The van der Waals surface area contributed by atoms with Crippen molar-refractivity contribution in [3.05, 3.63) is 11.3 Å². The fraction of sp³-hybridized carbons (Fsp3) is 0.727. The third-order valence-electron chi connectivity index (χ3n) is 2.49. The Morgan fingerprint density at radius 1 is 1.43 bits per heavy atom. The van der Waals surface area contributed by atoms with Crippen molar-refractivity contribution < 1.29 is 9.22 Å². The van der Waals surface area contributed by atoms with Crippen LogP contribution in [-0.2, 0) is 9.22 Å². The maximum atomic E-state index is 11.6. The molecule has 0 amide bonds. The lowest BCUT2D eigenvalue weighted by Crippen LogP contribution is -2.14. The molecule has 0 aromatic heterocycles. The molecule has 0 saturated carbocycles. The van der Waals surface area contributed by atoms with Gasteiger partial charge in [0.25, 0.3) is 0 Å². The van der Waals surface area contributed by atoms with E-state index in [2.05, 4.69) is 27.7 Å². The fourth-order valence-electron chi connectivity index (χ4n) is 1.45. The Morgan fingerprint density at radius 2 is 2.00 bits per heavy atom. The third kappa shape index (κ3) is 2.71. The lowest BCUT2D eigenvalue weighted by atomic mass is 10.1. The first-order valence-corrected chi connectivity index (χ1v) is 6.46. The highest BCUT2D eigenvalue weighted by Gasteiger charge is 2.28. The average Bonchev–Trinajstić information content (AvgIpc) is 2.23. The van der Waals surface area contributed by atoms with Crippen molar-refractivity contribution in [3.8, 4) is 0 Å². The maximum Gasteiger partial charge on any atom is 0.225 e. The second kappa shape index (κ2) is 3.89. The molecule has 0 radical (unpaired) electrons. The summed E-state index contributed by atoms with van der Waals surface area (Å²) < 4.78 is 5.73. The van der Waals surface area contributed by atoms with E-state index < -0.39 is 9.76 Å². The molecule has 0 bridgehead atoms. The standard InChI is InChI=1S/C11H20O2Si/c1-7-6-9(12)10(8(7)2)13-14-11(3,4)5/h7H,6,14H2,1-5H3. The highest BCUT2D eigenvalue weighted by Crippen LogP contribution is 2.31. The minimum Gasteiger partial charge on any atom is -0.546 e. The maximum absolute atomic E-state index is 11.6. The zero-order chi connectivity index (χ0) is 10.9. The molecule has 0 aromatic carbocycles. The van der Waals surface area contributed by atoms with Crippen LogP contribution in [0.25, 0.3) is 0 Å². The van der Waals surface area contributed by atoms with Gasteiger partial charge in [-0.1, -0.05) is 27.7 Å². The van der Waals surface area contributed by atoms with Crippen molar-refractivity contribution >= 4 is 15.5 Å². The van der Waals surface area contributed by atoms with E-state index in [4.69, 9.17) is 4.43 Å². The van der Waals surface area contributed by atoms with E-state index in [1.54, 1.807) is 0 Å². The first-order valence-electron chi connectivity index (χ1n) is 5.18. The molecule has 1 rings (SSSR count). The van der Waals surface area contributed by atoms with Gasteiger partial charge < -0.3 is 4.43 Å². The number of carbonyl (C=O) groups excluding carboxylic acids is 1. The molecule has 0 heterocycles. The molecule has 0 aromatic rings. The summed E-state index contributed by atoms with van der Waals surface area (Å²) in [7, 11) is -0.645. The number of hydrogen-bond donors (Lipinski definition) is 0. The second-order valence-corrected chi connectivity index (χ2v) is 8.09. The van der Waals surface area contributed by atoms with Crippen molar-refractivity contribution in [3.63, 3.8) is 0 Å². The lowest BCUT2D eigenvalue weighted by molar-refractivity contribution is -0.117. The van der Waals surface area contributed by atoms with Gasteiger partial charge >= 0.3 is 0 Å². The SMILES string of the molecule is CC1=C(O[SiH2]C(C)(C)C)C(=O)CC1C. The molecular weight excluding hydrogens is 192 g/mol. The molecule has 1 aliphatic rings. The average molecular weight is 212 g/mol. The normalized spacial score (nSPS) is 24.1. The molecule has 0 saturated heterocycles. The van der Waals surface area contributed by atoms with Crippen LogP contribution in [0.15, 0.2) is 11.3 Å². The summed E-state index contributed by atoms with van der Waals surface area (Å²) in [5.74, 6) is 1.26. The topological polar surface area (TPSA) is 26.3 Å². The molecule has 0 fully saturated rings. The van der Waals surface area contributed by atoms with Gasteiger partial charge in [-0.05, 0) is 23.5 Å². The van der Waals surface area contributed by atoms with E-state index in [-0.39, 0.29) is 10.8 Å². The summed E-state index contributed by atoms with van der Waals surface area (Å²) in [5.41, 5.74) is 1.15. The van der Waals surface area contributed by atoms with Crippen LogP contribution in [0, 0.1) is 5.92 Å². The van der Waals surface area contributed by atoms with Crippen molar-refractivity contribution in [2.24, 2.45) is 5.92 Å². The van der Waals surface area contributed by atoms with Crippen LogP contribution in [0.5, 0.6) is 0 Å². The quantitative estimate of drug-likeness (QED) is 0.656. The lowest BCUT2D eigenvalue weighted by Gasteiger charge is -2.18. The van der Waals surface area contributed by atoms with Crippen molar-refractivity contribution in [2.45, 2.75) is 46.1 Å². The van der Waals surface area contributed by atoms with Crippen LogP contribution in [0.4, 0.5) is 0 Å². The molecule has 1 atom stereocenters. The molecule has 1 aliphatic carbocycles. The molecule has 0 aliphatic heterocycles. The van der Waals surface area contributed by atoms with Gasteiger partial charge in [0.2, 0.25) is 9.76 Å². The molecule has 2 nitrogen and oxygen atoms in total. The number of ketones is 1. The van der Waals surface area contributed by atoms with E-state index in [1.165, 1.54) is 0 Å². The Balaban J connectivity index is 2.64. The van der Waals surface area contributed by atoms with Gasteiger partial charge in [0, 0.05) is 6.42 Å². The van der Waals surface area contributed by atoms with E-state index in [0.717, 1.165) is 5.57 Å². The van der Waals surface area contributed by atoms with Crippen LogP contribution in [0.2, 0.25) is 5.04 Å². The van der Waals surface area contributed by atoms with Crippen LogP contribution in [-0.4, -0.2) is 15.5 Å². The summed E-state index contributed by atoms with van der Waals surface area (Å²) >= 11 is 0. The third-order valence-corrected chi connectivity index (χ3v) is 3.79. The predicted molar refractivity (Wildman–Crippen MR) is 60.8 cm³/mol. The number of Topliss-reactive ketones (excluding diaryl/α,β-unsaturated/α-hetero) is 1. The van der Waals surface area contributed by atoms with E-state index in [0.29, 0.717) is 18.1 Å². The first-order chi connectivity index (χ1) is 6.31. The smallest absolute Gasteiger partial charge is 0.225 e. The monoisotopic (exact) mass is 212 g/mol. The predicted octanol–water partition coefficient (Wildman–Crippen LogP) is 2.19. The summed E-state index contributed by atoms with van der Waals surface area (Å²) in [4.78, 5) is 11.6. The van der Waals surface area contributed by atoms with Gasteiger partial charge in [-0.2, -0.15) is 0 Å². The Hall–Kier alpha value is -0.573. The van der Waals surface area contributed by atoms with E-state index >= 15 is 0 Å². The molecule has 14 heavy (non-hydrogen) atoms. The van der Waals surface area contributed by atoms with Gasteiger partial charge in [-0.15, -0.1) is 0 Å². The Bertz CT molecular complexity index is 274. The van der Waals surface area contributed by atoms with Crippen molar-refractivity contribution in [1.82, 2.24) is 0 Å². The number of carbonyl (C=O) groups is 1. The molecular formula is C11H20O2Si. The zero-order valence-electron chi connectivity index (χ0n) is 9.81. The summed E-state index contributed by atoms with van der Waals surface area (Å²) in [6, 6.07) is 0. The highest BCUT2D eigenvalue weighted by atomic mass is 28.2. The minimum atomic E-state index is -0.645. The minimum absolute atomic E-state index is 0.201. The molecule has 80 valence electrons. The number of hydrogen-bond acceptors (Lipinski definition) is 2. The van der Waals surface area contributed by atoms with Gasteiger partial charge in [0.1, 0.15) is 5.76 Å². The fourth-order valence-corrected chi connectivity index (χ4v) is 2.42. The Labute approximate surface area is 88.7 Å². The van der Waals surface area contributed by atoms with Crippen LogP contribution in [0.1, 0.15) is 41.0 Å². The van der Waals surface area contributed by atoms with Crippen molar-refractivity contribution in [2.75, 3.05) is 0 Å². The molecule has 3 heteroatoms. The van der Waals surface area contributed by atoms with Gasteiger partial charge in [0.15, 0.2) is 5.78 Å². The van der Waals surface area contributed by atoms with Crippen LogP contribution in [0.3, 0.4) is 0 Å². The van der Waals surface area contributed by atoms with E-state index in [1.807, 2.05) is 6.92 Å². The molecule has 0 N–H and O–H groups in total. The van der Waals surface area contributed by atoms with Crippen LogP contribution < -0.4 is 0 Å². The number of allylic oxidation sites excluding steroid dienone is 2. The molecule has 0 spiro atoms. The summed E-state index contributed by atoms with van der Waals surface area (Å²) in [6.07, 6.45) is 0.639. The highest BCUT2D eigenvalue weighted by molar-refractivity contribution is 6.33. The largest absolute Gasteiger partial charge is 0.546 e. The zero-order valence-corrected chi connectivity index (χ0v) is 11.2. The summed E-state index contributed by atoms with van der Waals surface area (Å²) in [5, 5.41) is 0.249. The van der Waals surface area contributed by atoms with Gasteiger partial charge in [0.05, 0.1) is 0 Å².